The van der Waals surface area contributed by atoms with Gasteiger partial charge in [-0.1, -0.05) is 54.1 Å². The van der Waals surface area contributed by atoms with Crippen molar-refractivity contribution in [2.75, 3.05) is 5.32 Å². The molecule has 0 saturated carbocycles. The van der Waals surface area contributed by atoms with Gasteiger partial charge in [0.25, 0.3) is 0 Å². The summed E-state index contributed by atoms with van der Waals surface area (Å²) in [5.74, 6) is 0.591. The molecule has 0 aromatic heterocycles. The first-order valence-electron chi connectivity index (χ1n) is 8.20. The Bertz CT molecular complexity index is 872. The van der Waals surface area contributed by atoms with Gasteiger partial charge in [0.05, 0.1) is 0 Å². The van der Waals surface area contributed by atoms with Crippen LogP contribution in [0.15, 0.2) is 84.9 Å². The number of hydrogen-bond acceptors (Lipinski definition) is 2. The largest absolute Gasteiger partial charge is 0.489 e. The van der Waals surface area contributed by atoms with Crippen LogP contribution in [-0.4, -0.2) is 5.91 Å². The molecule has 0 aliphatic heterocycles. The molecule has 4 heteroatoms. The summed E-state index contributed by atoms with van der Waals surface area (Å²) in [5.41, 5.74) is 2.74. The normalized spacial score (nSPS) is 10.7. The minimum atomic E-state index is -0.197. The van der Waals surface area contributed by atoms with Crippen LogP contribution in [0.3, 0.4) is 0 Å². The number of halogens is 1. The van der Waals surface area contributed by atoms with E-state index < -0.39 is 0 Å². The molecule has 3 aromatic rings. The lowest BCUT2D eigenvalue weighted by Gasteiger charge is -2.06. The molecule has 0 fully saturated rings. The highest BCUT2D eigenvalue weighted by Gasteiger charge is 1.99. The first-order chi connectivity index (χ1) is 12.7. The van der Waals surface area contributed by atoms with Crippen molar-refractivity contribution in [1.82, 2.24) is 0 Å². The zero-order chi connectivity index (χ0) is 18.2. The number of carbonyl (C=O) groups is 1. The number of ether oxygens (including phenoxy) is 1. The van der Waals surface area contributed by atoms with Crippen LogP contribution in [0.4, 0.5) is 5.69 Å². The summed E-state index contributed by atoms with van der Waals surface area (Å²) in [6.45, 7) is 0.527. The summed E-state index contributed by atoms with van der Waals surface area (Å²) in [7, 11) is 0. The standard InChI is InChI=1S/C22H18ClNO2/c23-19-9-11-20(12-10-19)24-22(25)15-8-17-6-13-21(14-7-17)26-16-18-4-2-1-3-5-18/h1-15H,16H2,(H,24,25). The second-order valence-corrected chi connectivity index (χ2v) is 6.11. The third-order valence-electron chi connectivity index (χ3n) is 3.67. The number of carbonyl (C=O) groups excluding carboxylic acids is 1. The average Bonchev–Trinajstić information content (AvgIpc) is 2.68. The molecule has 1 N–H and O–H groups in total. The molecule has 1 amide bonds. The predicted molar refractivity (Wildman–Crippen MR) is 106 cm³/mol. The number of hydrogen-bond donors (Lipinski definition) is 1. The maximum absolute atomic E-state index is 11.9. The van der Waals surface area contributed by atoms with E-state index in [9.17, 15) is 4.79 Å². The number of nitrogens with one attached hydrogen (secondary N) is 1. The molecule has 3 aromatic carbocycles. The Kier molecular flexibility index (Phi) is 6.07. The Morgan fingerprint density at radius 2 is 1.62 bits per heavy atom. The summed E-state index contributed by atoms with van der Waals surface area (Å²) in [5, 5.41) is 3.41. The van der Waals surface area contributed by atoms with Crippen molar-refractivity contribution in [2.45, 2.75) is 6.61 Å². The summed E-state index contributed by atoms with van der Waals surface area (Å²) in [6.07, 6.45) is 3.25. The highest BCUT2D eigenvalue weighted by atomic mass is 35.5. The maximum atomic E-state index is 11.9. The van der Waals surface area contributed by atoms with E-state index >= 15 is 0 Å². The molecule has 0 atom stereocenters. The fraction of sp³-hybridized carbons (Fsp3) is 0.0455. The van der Waals surface area contributed by atoms with Gasteiger partial charge in [-0.15, -0.1) is 0 Å². The van der Waals surface area contributed by atoms with Crippen LogP contribution in [0, 0.1) is 0 Å². The van der Waals surface area contributed by atoms with Gasteiger partial charge in [-0.3, -0.25) is 4.79 Å². The first-order valence-corrected chi connectivity index (χ1v) is 8.58. The number of rotatable bonds is 6. The van der Waals surface area contributed by atoms with E-state index in [0.29, 0.717) is 17.3 Å². The van der Waals surface area contributed by atoms with Crippen LogP contribution >= 0.6 is 11.6 Å². The fourth-order valence-corrected chi connectivity index (χ4v) is 2.43. The summed E-state index contributed by atoms with van der Waals surface area (Å²) in [4.78, 5) is 11.9. The lowest BCUT2D eigenvalue weighted by molar-refractivity contribution is -0.111. The van der Waals surface area contributed by atoms with Gasteiger partial charge in [0.2, 0.25) is 5.91 Å². The van der Waals surface area contributed by atoms with E-state index in [1.54, 1.807) is 30.3 Å². The average molecular weight is 364 g/mol. The van der Waals surface area contributed by atoms with Crippen LogP contribution < -0.4 is 10.1 Å². The summed E-state index contributed by atoms with van der Waals surface area (Å²) >= 11 is 5.82. The van der Waals surface area contributed by atoms with Crippen LogP contribution in [0.5, 0.6) is 5.75 Å². The molecule has 0 unspecified atom stereocenters. The molecule has 3 rings (SSSR count). The van der Waals surface area contributed by atoms with Crippen molar-refractivity contribution < 1.29 is 9.53 Å². The second-order valence-electron chi connectivity index (χ2n) is 5.67. The van der Waals surface area contributed by atoms with Crippen molar-refractivity contribution in [3.05, 3.63) is 101 Å². The SMILES string of the molecule is O=C(C=Cc1ccc(OCc2ccccc2)cc1)Nc1ccc(Cl)cc1. The van der Waals surface area contributed by atoms with E-state index in [4.69, 9.17) is 16.3 Å². The van der Waals surface area contributed by atoms with Crippen molar-refractivity contribution in [2.24, 2.45) is 0 Å². The highest BCUT2D eigenvalue weighted by Crippen LogP contribution is 2.16. The van der Waals surface area contributed by atoms with E-state index in [-0.39, 0.29) is 5.91 Å². The molecule has 3 nitrogen and oxygen atoms in total. The van der Waals surface area contributed by atoms with E-state index in [2.05, 4.69) is 5.32 Å². The summed E-state index contributed by atoms with van der Waals surface area (Å²) in [6, 6.07) is 24.6. The van der Waals surface area contributed by atoms with Crippen LogP contribution in [-0.2, 0) is 11.4 Å². The quantitative estimate of drug-likeness (QED) is 0.581. The van der Waals surface area contributed by atoms with Gasteiger partial charge in [0.1, 0.15) is 12.4 Å². The van der Waals surface area contributed by atoms with Crippen molar-refractivity contribution in [1.29, 1.82) is 0 Å². The summed E-state index contributed by atoms with van der Waals surface area (Å²) < 4.78 is 5.75. The van der Waals surface area contributed by atoms with Gasteiger partial charge in [0, 0.05) is 16.8 Å². The van der Waals surface area contributed by atoms with Crippen LogP contribution in [0.1, 0.15) is 11.1 Å². The van der Waals surface area contributed by atoms with Gasteiger partial charge < -0.3 is 10.1 Å². The third kappa shape index (κ3) is 5.50. The lowest BCUT2D eigenvalue weighted by Crippen LogP contribution is -2.07. The minimum Gasteiger partial charge on any atom is -0.489 e. The van der Waals surface area contributed by atoms with Crippen LogP contribution in [0.25, 0.3) is 6.08 Å². The van der Waals surface area contributed by atoms with Gasteiger partial charge in [-0.25, -0.2) is 0 Å². The molecule has 130 valence electrons. The number of benzene rings is 3. The van der Waals surface area contributed by atoms with Gasteiger partial charge in [0.15, 0.2) is 0 Å². The topological polar surface area (TPSA) is 38.3 Å². The van der Waals surface area contributed by atoms with E-state index in [0.717, 1.165) is 16.9 Å². The monoisotopic (exact) mass is 363 g/mol. The molecular formula is C22H18ClNO2. The third-order valence-corrected chi connectivity index (χ3v) is 3.92. The molecule has 26 heavy (non-hydrogen) atoms. The molecule has 0 aliphatic carbocycles. The Balaban J connectivity index is 1.52. The van der Waals surface area contributed by atoms with Gasteiger partial charge in [-0.2, -0.15) is 0 Å². The lowest BCUT2D eigenvalue weighted by atomic mass is 10.2. The molecule has 0 aliphatic rings. The van der Waals surface area contributed by atoms with Gasteiger partial charge >= 0.3 is 0 Å². The van der Waals surface area contributed by atoms with Gasteiger partial charge in [-0.05, 0) is 53.6 Å². The Morgan fingerprint density at radius 1 is 0.923 bits per heavy atom. The van der Waals surface area contributed by atoms with E-state index in [1.807, 2.05) is 54.6 Å². The predicted octanol–water partition coefficient (Wildman–Crippen LogP) is 5.57. The first kappa shape index (κ1) is 17.8. The highest BCUT2D eigenvalue weighted by molar-refractivity contribution is 6.30. The minimum absolute atomic E-state index is 0.197. The van der Waals surface area contributed by atoms with E-state index in [1.165, 1.54) is 6.08 Å². The molecule has 0 spiro atoms. The second kappa shape index (κ2) is 8.88. The Morgan fingerprint density at radius 3 is 2.31 bits per heavy atom. The zero-order valence-corrected chi connectivity index (χ0v) is 14.8. The zero-order valence-electron chi connectivity index (χ0n) is 14.1. The Hall–Kier alpha value is -3.04. The van der Waals surface area contributed by atoms with Crippen molar-refractivity contribution in [3.8, 4) is 5.75 Å². The molecule has 0 bridgehead atoms. The Labute approximate surface area is 157 Å². The number of anilines is 1. The molecular weight excluding hydrogens is 346 g/mol. The molecule has 0 heterocycles. The van der Waals surface area contributed by atoms with Crippen molar-refractivity contribution in [3.63, 3.8) is 0 Å². The fourth-order valence-electron chi connectivity index (χ4n) is 2.31. The molecule has 0 saturated heterocycles. The van der Waals surface area contributed by atoms with Crippen LogP contribution in [0.2, 0.25) is 5.02 Å². The maximum Gasteiger partial charge on any atom is 0.248 e. The number of amides is 1. The van der Waals surface area contributed by atoms with Crippen molar-refractivity contribution >= 4 is 29.3 Å². The smallest absolute Gasteiger partial charge is 0.248 e. The molecule has 0 radical (unpaired) electrons.